The maximum absolute atomic E-state index is 11.6. The molecule has 0 aromatic heterocycles. The molecular weight excluding hydrogens is 232 g/mol. The first-order chi connectivity index (χ1) is 8.77. The van der Waals surface area contributed by atoms with Crippen molar-refractivity contribution in [2.24, 2.45) is 0 Å². The van der Waals surface area contributed by atoms with Crippen molar-refractivity contribution in [2.75, 3.05) is 26.2 Å². The fraction of sp³-hybridized carbons (Fsp3) is 0.833. The molecule has 0 aromatic rings. The van der Waals surface area contributed by atoms with Crippen molar-refractivity contribution in [1.29, 1.82) is 0 Å². The molecule has 0 aliphatic carbocycles. The van der Waals surface area contributed by atoms with Crippen LogP contribution in [0.1, 0.15) is 25.7 Å². The maximum atomic E-state index is 11.6. The highest BCUT2D eigenvalue weighted by Crippen LogP contribution is 2.05. The van der Waals surface area contributed by atoms with Crippen LogP contribution < -0.4 is 21.3 Å². The zero-order chi connectivity index (χ0) is 12.8. The second-order valence-corrected chi connectivity index (χ2v) is 4.88. The first kappa shape index (κ1) is 13.3. The van der Waals surface area contributed by atoms with Crippen LogP contribution in [0.3, 0.4) is 0 Å². The average molecular weight is 254 g/mol. The molecule has 6 heteroatoms. The van der Waals surface area contributed by atoms with Crippen LogP contribution in [-0.4, -0.2) is 50.1 Å². The highest BCUT2D eigenvalue weighted by atomic mass is 16.2. The quantitative estimate of drug-likeness (QED) is 0.461. The summed E-state index contributed by atoms with van der Waals surface area (Å²) < 4.78 is 0. The van der Waals surface area contributed by atoms with Crippen molar-refractivity contribution in [3.63, 3.8) is 0 Å². The average Bonchev–Trinajstić information content (AvgIpc) is 3.05. The highest BCUT2D eigenvalue weighted by molar-refractivity contribution is 5.83. The molecule has 2 saturated heterocycles. The lowest BCUT2D eigenvalue weighted by molar-refractivity contribution is -0.124. The predicted molar refractivity (Wildman–Crippen MR) is 68.1 cm³/mol. The fourth-order valence-electron chi connectivity index (χ4n) is 2.43. The third kappa shape index (κ3) is 3.68. The summed E-state index contributed by atoms with van der Waals surface area (Å²) in [7, 11) is 0. The number of hydrogen-bond donors (Lipinski definition) is 4. The molecule has 4 N–H and O–H groups in total. The van der Waals surface area contributed by atoms with E-state index in [-0.39, 0.29) is 23.9 Å². The van der Waals surface area contributed by atoms with Gasteiger partial charge in [-0.25, -0.2) is 0 Å². The third-order valence-electron chi connectivity index (χ3n) is 3.48. The Labute approximate surface area is 107 Å². The zero-order valence-electron chi connectivity index (χ0n) is 10.6. The van der Waals surface area contributed by atoms with Crippen LogP contribution in [-0.2, 0) is 9.59 Å². The summed E-state index contributed by atoms with van der Waals surface area (Å²) in [6, 6.07) is -0.0885. The molecule has 2 fully saturated rings. The molecular formula is C12H22N4O2. The second kappa shape index (κ2) is 6.70. The highest BCUT2D eigenvalue weighted by Gasteiger charge is 2.22. The molecule has 0 unspecified atom stereocenters. The Kier molecular flexibility index (Phi) is 4.95. The van der Waals surface area contributed by atoms with E-state index in [1.807, 2.05) is 0 Å². The zero-order valence-corrected chi connectivity index (χ0v) is 10.6. The van der Waals surface area contributed by atoms with Crippen LogP contribution in [0.15, 0.2) is 0 Å². The SMILES string of the molecule is O=C(NCCNC(=O)[C@H]1CCCN1)[C@H]1CCCN1. The van der Waals surface area contributed by atoms with Crippen LogP contribution in [0.4, 0.5) is 0 Å². The molecule has 0 saturated carbocycles. The number of hydrogen-bond acceptors (Lipinski definition) is 4. The number of amides is 2. The molecule has 2 amide bonds. The molecule has 18 heavy (non-hydrogen) atoms. The van der Waals surface area contributed by atoms with Crippen molar-refractivity contribution in [1.82, 2.24) is 21.3 Å². The minimum atomic E-state index is -0.0443. The number of rotatable bonds is 5. The summed E-state index contributed by atoms with van der Waals surface area (Å²) in [6.45, 7) is 2.83. The minimum Gasteiger partial charge on any atom is -0.353 e. The van der Waals surface area contributed by atoms with Gasteiger partial charge in [-0.3, -0.25) is 9.59 Å². The topological polar surface area (TPSA) is 82.3 Å². The van der Waals surface area contributed by atoms with Crippen molar-refractivity contribution in [3.8, 4) is 0 Å². The first-order valence-corrected chi connectivity index (χ1v) is 6.79. The first-order valence-electron chi connectivity index (χ1n) is 6.79. The van der Waals surface area contributed by atoms with Gasteiger partial charge in [-0.2, -0.15) is 0 Å². The van der Waals surface area contributed by atoms with Crippen LogP contribution in [0.25, 0.3) is 0 Å². The normalized spacial score (nSPS) is 27.1. The Hall–Kier alpha value is -1.14. The van der Waals surface area contributed by atoms with Gasteiger partial charge in [0.1, 0.15) is 0 Å². The fourth-order valence-corrected chi connectivity index (χ4v) is 2.43. The Balaban J connectivity index is 1.55. The third-order valence-corrected chi connectivity index (χ3v) is 3.48. The van der Waals surface area contributed by atoms with Gasteiger partial charge in [-0.15, -0.1) is 0 Å². The van der Waals surface area contributed by atoms with Crippen molar-refractivity contribution in [3.05, 3.63) is 0 Å². The lowest BCUT2D eigenvalue weighted by Crippen LogP contribution is -2.46. The molecule has 0 spiro atoms. The van der Waals surface area contributed by atoms with Gasteiger partial charge in [0.05, 0.1) is 12.1 Å². The van der Waals surface area contributed by atoms with E-state index in [0.29, 0.717) is 13.1 Å². The van der Waals surface area contributed by atoms with Crippen LogP contribution in [0.5, 0.6) is 0 Å². The molecule has 0 bridgehead atoms. The largest absolute Gasteiger partial charge is 0.353 e. The lowest BCUT2D eigenvalue weighted by Gasteiger charge is -2.13. The van der Waals surface area contributed by atoms with Gasteiger partial charge in [0.2, 0.25) is 11.8 Å². The van der Waals surface area contributed by atoms with Gasteiger partial charge < -0.3 is 21.3 Å². The van der Waals surface area contributed by atoms with E-state index in [4.69, 9.17) is 0 Å². The van der Waals surface area contributed by atoms with Crippen LogP contribution >= 0.6 is 0 Å². The molecule has 6 nitrogen and oxygen atoms in total. The molecule has 2 heterocycles. The van der Waals surface area contributed by atoms with Gasteiger partial charge in [0.25, 0.3) is 0 Å². The van der Waals surface area contributed by atoms with Gasteiger partial charge in [-0.1, -0.05) is 0 Å². The van der Waals surface area contributed by atoms with Gasteiger partial charge in [0, 0.05) is 13.1 Å². The molecule has 102 valence electrons. The summed E-state index contributed by atoms with van der Waals surface area (Å²) >= 11 is 0. The van der Waals surface area contributed by atoms with Gasteiger partial charge in [0.15, 0.2) is 0 Å². The van der Waals surface area contributed by atoms with E-state index in [2.05, 4.69) is 21.3 Å². The van der Waals surface area contributed by atoms with Gasteiger partial charge in [-0.05, 0) is 38.8 Å². The maximum Gasteiger partial charge on any atom is 0.237 e. The molecule has 2 atom stereocenters. The van der Waals surface area contributed by atoms with E-state index in [1.54, 1.807) is 0 Å². The Bertz CT molecular complexity index is 266. The van der Waals surface area contributed by atoms with Crippen molar-refractivity contribution in [2.45, 2.75) is 37.8 Å². The summed E-state index contributed by atoms with van der Waals surface area (Å²) in [5, 5.41) is 12.0. The summed E-state index contributed by atoms with van der Waals surface area (Å²) in [5.74, 6) is 0.0847. The molecule has 2 aliphatic rings. The van der Waals surface area contributed by atoms with Crippen molar-refractivity contribution < 1.29 is 9.59 Å². The van der Waals surface area contributed by atoms with E-state index in [9.17, 15) is 9.59 Å². The van der Waals surface area contributed by atoms with E-state index in [0.717, 1.165) is 38.8 Å². The van der Waals surface area contributed by atoms with Crippen LogP contribution in [0.2, 0.25) is 0 Å². The Morgan fingerprint density at radius 3 is 1.67 bits per heavy atom. The molecule has 0 radical (unpaired) electrons. The summed E-state index contributed by atoms with van der Waals surface area (Å²) in [5.41, 5.74) is 0. The van der Waals surface area contributed by atoms with Crippen molar-refractivity contribution >= 4 is 11.8 Å². The smallest absolute Gasteiger partial charge is 0.237 e. The van der Waals surface area contributed by atoms with E-state index in [1.165, 1.54) is 0 Å². The summed E-state index contributed by atoms with van der Waals surface area (Å²) in [6.07, 6.45) is 3.93. The summed E-state index contributed by atoms with van der Waals surface area (Å²) in [4.78, 5) is 23.3. The predicted octanol–water partition coefficient (Wildman–Crippen LogP) is -1.28. The molecule has 2 rings (SSSR count). The lowest BCUT2D eigenvalue weighted by atomic mass is 10.2. The number of carbonyl (C=O) groups is 2. The van der Waals surface area contributed by atoms with E-state index >= 15 is 0 Å². The van der Waals surface area contributed by atoms with Crippen LogP contribution in [0, 0.1) is 0 Å². The number of nitrogens with one attached hydrogen (secondary N) is 4. The standard InChI is InChI=1S/C12H22N4O2/c17-11(9-3-1-5-13-9)15-7-8-16-12(18)10-4-2-6-14-10/h9-10,13-14H,1-8H2,(H,15,17)(H,16,18)/t9-,10-/m1/s1. The monoisotopic (exact) mass is 254 g/mol. The Morgan fingerprint density at radius 1 is 0.889 bits per heavy atom. The van der Waals surface area contributed by atoms with Gasteiger partial charge >= 0.3 is 0 Å². The molecule has 0 aromatic carbocycles. The Morgan fingerprint density at radius 2 is 1.33 bits per heavy atom. The number of carbonyl (C=O) groups excluding carboxylic acids is 2. The second-order valence-electron chi connectivity index (χ2n) is 4.88. The minimum absolute atomic E-state index is 0.0424. The molecule has 2 aliphatic heterocycles. The van der Waals surface area contributed by atoms with E-state index < -0.39 is 0 Å².